The van der Waals surface area contributed by atoms with Crippen molar-refractivity contribution >= 4 is 5.91 Å². The third kappa shape index (κ3) is 3.78. The molecular formula is C13H26N2O. The van der Waals surface area contributed by atoms with Crippen LogP contribution in [0.1, 0.15) is 46.0 Å². The topological polar surface area (TPSA) is 46.3 Å². The summed E-state index contributed by atoms with van der Waals surface area (Å²) in [6.45, 7) is 4.92. The highest BCUT2D eigenvalue weighted by Crippen LogP contribution is 2.27. The van der Waals surface area contributed by atoms with Crippen LogP contribution in [0.5, 0.6) is 0 Å². The predicted molar refractivity (Wildman–Crippen MR) is 67.0 cm³/mol. The zero-order valence-corrected chi connectivity index (χ0v) is 10.9. The summed E-state index contributed by atoms with van der Waals surface area (Å²) < 4.78 is 0. The van der Waals surface area contributed by atoms with E-state index in [0.717, 1.165) is 5.92 Å². The average Bonchev–Trinajstić information content (AvgIpc) is 2.27. The van der Waals surface area contributed by atoms with Gasteiger partial charge in [0.25, 0.3) is 0 Å². The lowest BCUT2D eigenvalue weighted by atomic mass is 9.86. The smallest absolute Gasteiger partial charge is 0.222 e. The van der Waals surface area contributed by atoms with Gasteiger partial charge in [-0.1, -0.05) is 26.7 Å². The van der Waals surface area contributed by atoms with Gasteiger partial charge in [-0.2, -0.15) is 0 Å². The van der Waals surface area contributed by atoms with Crippen molar-refractivity contribution in [1.29, 1.82) is 0 Å². The van der Waals surface area contributed by atoms with E-state index in [-0.39, 0.29) is 5.91 Å². The first-order chi connectivity index (χ1) is 7.54. The maximum absolute atomic E-state index is 12.0. The van der Waals surface area contributed by atoms with E-state index >= 15 is 0 Å². The van der Waals surface area contributed by atoms with Gasteiger partial charge in [-0.3, -0.25) is 4.79 Å². The van der Waals surface area contributed by atoms with E-state index in [1.807, 2.05) is 18.9 Å². The van der Waals surface area contributed by atoms with Crippen LogP contribution in [0.25, 0.3) is 0 Å². The zero-order valence-electron chi connectivity index (χ0n) is 10.9. The number of amides is 1. The summed E-state index contributed by atoms with van der Waals surface area (Å²) in [6.07, 6.45) is 5.51. The van der Waals surface area contributed by atoms with Crippen molar-refractivity contribution in [2.45, 2.75) is 52.0 Å². The Morgan fingerprint density at radius 1 is 1.50 bits per heavy atom. The van der Waals surface area contributed by atoms with Crippen LogP contribution < -0.4 is 5.73 Å². The first-order valence-electron chi connectivity index (χ1n) is 6.50. The normalized spacial score (nSPS) is 27.5. The number of hydrogen-bond acceptors (Lipinski definition) is 2. The van der Waals surface area contributed by atoms with Gasteiger partial charge in [0, 0.05) is 19.5 Å². The van der Waals surface area contributed by atoms with Gasteiger partial charge in [0.2, 0.25) is 5.91 Å². The lowest BCUT2D eigenvalue weighted by Gasteiger charge is -2.34. The van der Waals surface area contributed by atoms with Crippen LogP contribution in [0.2, 0.25) is 0 Å². The molecular weight excluding hydrogens is 200 g/mol. The van der Waals surface area contributed by atoms with Gasteiger partial charge in [-0.05, 0) is 31.2 Å². The SMILES string of the molecule is CC(CN)CC(=O)N(C)C1CCCC(C)C1. The summed E-state index contributed by atoms with van der Waals surface area (Å²) in [4.78, 5) is 13.9. The van der Waals surface area contributed by atoms with Crippen molar-refractivity contribution in [3.8, 4) is 0 Å². The largest absolute Gasteiger partial charge is 0.343 e. The second-order valence-corrected chi connectivity index (χ2v) is 5.48. The molecule has 0 heterocycles. The molecule has 94 valence electrons. The fourth-order valence-electron chi connectivity index (χ4n) is 2.48. The molecule has 0 saturated heterocycles. The molecule has 1 fully saturated rings. The lowest BCUT2D eigenvalue weighted by Crippen LogP contribution is -2.40. The number of rotatable bonds is 4. The Kier molecular flexibility index (Phi) is 5.26. The number of carbonyl (C=O) groups is 1. The molecule has 1 rings (SSSR count). The van der Waals surface area contributed by atoms with Crippen molar-refractivity contribution in [3.63, 3.8) is 0 Å². The molecule has 3 unspecified atom stereocenters. The van der Waals surface area contributed by atoms with Crippen LogP contribution in [0.4, 0.5) is 0 Å². The first-order valence-corrected chi connectivity index (χ1v) is 6.50. The molecule has 1 aliphatic carbocycles. The molecule has 2 N–H and O–H groups in total. The van der Waals surface area contributed by atoms with E-state index in [9.17, 15) is 4.79 Å². The third-order valence-electron chi connectivity index (χ3n) is 3.78. The summed E-state index contributed by atoms with van der Waals surface area (Å²) in [5.41, 5.74) is 5.55. The van der Waals surface area contributed by atoms with Gasteiger partial charge in [-0.15, -0.1) is 0 Å². The zero-order chi connectivity index (χ0) is 12.1. The minimum absolute atomic E-state index is 0.261. The Morgan fingerprint density at radius 2 is 2.19 bits per heavy atom. The van der Waals surface area contributed by atoms with Crippen LogP contribution in [-0.2, 0) is 4.79 Å². The third-order valence-corrected chi connectivity index (χ3v) is 3.78. The fourth-order valence-corrected chi connectivity index (χ4v) is 2.48. The van der Waals surface area contributed by atoms with Crippen LogP contribution >= 0.6 is 0 Å². The van der Waals surface area contributed by atoms with Gasteiger partial charge < -0.3 is 10.6 Å². The molecule has 0 spiro atoms. The highest BCUT2D eigenvalue weighted by Gasteiger charge is 2.25. The summed E-state index contributed by atoms with van der Waals surface area (Å²) in [7, 11) is 1.95. The van der Waals surface area contributed by atoms with Gasteiger partial charge >= 0.3 is 0 Å². The quantitative estimate of drug-likeness (QED) is 0.797. The van der Waals surface area contributed by atoms with Crippen LogP contribution in [0, 0.1) is 11.8 Å². The van der Waals surface area contributed by atoms with Crippen molar-refractivity contribution in [2.24, 2.45) is 17.6 Å². The Hall–Kier alpha value is -0.570. The number of nitrogens with two attached hydrogens (primary N) is 1. The maximum Gasteiger partial charge on any atom is 0.222 e. The molecule has 16 heavy (non-hydrogen) atoms. The van der Waals surface area contributed by atoms with Gasteiger partial charge in [0.15, 0.2) is 0 Å². The standard InChI is InChI=1S/C13H26N2O/c1-10-5-4-6-12(7-10)15(3)13(16)8-11(2)9-14/h10-12H,4-9,14H2,1-3H3. The number of carbonyl (C=O) groups excluding carboxylic acids is 1. The monoisotopic (exact) mass is 226 g/mol. The van der Waals surface area contributed by atoms with E-state index in [0.29, 0.717) is 24.9 Å². The van der Waals surface area contributed by atoms with Gasteiger partial charge in [0.1, 0.15) is 0 Å². The molecule has 3 atom stereocenters. The predicted octanol–water partition coefficient (Wildman–Crippen LogP) is 2.01. The maximum atomic E-state index is 12.0. The molecule has 3 nitrogen and oxygen atoms in total. The minimum atomic E-state index is 0.261. The molecule has 0 aromatic rings. The van der Waals surface area contributed by atoms with Crippen LogP contribution in [-0.4, -0.2) is 30.4 Å². The average molecular weight is 226 g/mol. The number of nitrogens with zero attached hydrogens (tertiary/aromatic N) is 1. The first kappa shape index (κ1) is 13.5. The molecule has 0 aromatic heterocycles. The van der Waals surface area contributed by atoms with Crippen LogP contribution in [0.15, 0.2) is 0 Å². The summed E-state index contributed by atoms with van der Waals surface area (Å²) >= 11 is 0. The fraction of sp³-hybridized carbons (Fsp3) is 0.923. The second kappa shape index (κ2) is 6.24. The Labute approximate surface area is 99.4 Å². The van der Waals surface area contributed by atoms with Crippen molar-refractivity contribution in [3.05, 3.63) is 0 Å². The van der Waals surface area contributed by atoms with Crippen molar-refractivity contribution in [2.75, 3.05) is 13.6 Å². The minimum Gasteiger partial charge on any atom is -0.343 e. The summed E-state index contributed by atoms with van der Waals surface area (Å²) in [6, 6.07) is 0.459. The van der Waals surface area contributed by atoms with Crippen molar-refractivity contribution < 1.29 is 4.79 Å². The van der Waals surface area contributed by atoms with E-state index in [2.05, 4.69) is 6.92 Å². The molecule has 3 heteroatoms. The lowest BCUT2D eigenvalue weighted by molar-refractivity contribution is -0.133. The van der Waals surface area contributed by atoms with E-state index in [1.54, 1.807) is 0 Å². The highest BCUT2D eigenvalue weighted by atomic mass is 16.2. The van der Waals surface area contributed by atoms with E-state index in [4.69, 9.17) is 5.73 Å². The molecule has 0 aliphatic heterocycles. The molecule has 1 amide bonds. The molecule has 0 aromatic carbocycles. The Bertz CT molecular complexity index is 230. The summed E-state index contributed by atoms with van der Waals surface area (Å²) in [5, 5.41) is 0. The van der Waals surface area contributed by atoms with Crippen molar-refractivity contribution in [1.82, 2.24) is 4.90 Å². The van der Waals surface area contributed by atoms with Crippen LogP contribution in [0.3, 0.4) is 0 Å². The van der Waals surface area contributed by atoms with Gasteiger partial charge in [-0.25, -0.2) is 0 Å². The number of hydrogen-bond donors (Lipinski definition) is 1. The highest BCUT2D eigenvalue weighted by molar-refractivity contribution is 5.76. The molecule has 1 saturated carbocycles. The molecule has 0 radical (unpaired) electrons. The van der Waals surface area contributed by atoms with E-state index in [1.165, 1.54) is 25.7 Å². The second-order valence-electron chi connectivity index (χ2n) is 5.48. The Balaban J connectivity index is 2.43. The van der Waals surface area contributed by atoms with Gasteiger partial charge in [0.05, 0.1) is 0 Å². The van der Waals surface area contributed by atoms with E-state index < -0.39 is 0 Å². The summed E-state index contributed by atoms with van der Waals surface area (Å²) in [5.74, 6) is 1.33. The molecule has 0 bridgehead atoms. The Morgan fingerprint density at radius 3 is 2.75 bits per heavy atom. The molecule has 1 aliphatic rings.